The van der Waals surface area contributed by atoms with Crippen molar-refractivity contribution in [3.05, 3.63) is 51.2 Å². The lowest BCUT2D eigenvalue weighted by atomic mass is 9.95. The van der Waals surface area contributed by atoms with Crippen LogP contribution < -0.4 is 31.2 Å². The Morgan fingerprint density at radius 1 is 1.11 bits per heavy atom. The molecule has 2 aromatic heterocycles. The summed E-state index contributed by atoms with van der Waals surface area (Å²) in [4.78, 5) is 41.7. The van der Waals surface area contributed by atoms with Gasteiger partial charge in [-0.1, -0.05) is 25.3 Å². The normalized spacial score (nSPS) is 15.9. The van der Waals surface area contributed by atoms with Crippen LogP contribution in [0.3, 0.4) is 0 Å². The molecule has 1 aliphatic carbocycles. The van der Waals surface area contributed by atoms with Gasteiger partial charge in [0.05, 0.1) is 5.69 Å². The Bertz CT molecular complexity index is 1290. The molecule has 188 valence electrons. The summed E-state index contributed by atoms with van der Waals surface area (Å²) >= 11 is 2.14. The van der Waals surface area contributed by atoms with Crippen molar-refractivity contribution in [2.75, 3.05) is 17.4 Å². The zero-order valence-corrected chi connectivity index (χ0v) is 20.9. The summed E-state index contributed by atoms with van der Waals surface area (Å²) < 4.78 is 14.9. The van der Waals surface area contributed by atoms with Crippen LogP contribution in [0.1, 0.15) is 63.2 Å². The van der Waals surface area contributed by atoms with Gasteiger partial charge in [-0.15, -0.1) is 11.3 Å². The fraction of sp³-hybridized carbons (Fsp3) is 0.333. The highest BCUT2D eigenvalue weighted by atomic mass is 32.1. The van der Waals surface area contributed by atoms with Gasteiger partial charge < -0.3 is 26.3 Å². The molecule has 1 fully saturated rings. The second-order valence-corrected chi connectivity index (χ2v) is 10.4. The van der Waals surface area contributed by atoms with Crippen LogP contribution >= 0.6 is 22.9 Å². The summed E-state index contributed by atoms with van der Waals surface area (Å²) in [6, 6.07) is 7.72. The van der Waals surface area contributed by atoms with E-state index in [1.807, 2.05) is 17.5 Å². The minimum atomic E-state index is -0.988. The van der Waals surface area contributed by atoms with Gasteiger partial charge in [0.15, 0.2) is 23.2 Å². The molecular formula is C24H25N5O5S2. The van der Waals surface area contributed by atoms with Crippen molar-refractivity contribution >= 4 is 52.0 Å². The number of hydrogen-bond acceptors (Lipinski definition) is 9. The molecular weight excluding hydrogens is 502 g/mol. The highest BCUT2D eigenvalue weighted by molar-refractivity contribution is 7.10. The van der Waals surface area contributed by atoms with Gasteiger partial charge in [-0.3, -0.25) is 19.3 Å². The molecule has 1 unspecified atom stereocenters. The number of carbonyl (C=O) groups is 3. The molecule has 3 aromatic rings. The first-order valence-corrected chi connectivity index (χ1v) is 13.2. The van der Waals surface area contributed by atoms with Crippen LogP contribution in [0.5, 0.6) is 11.5 Å². The van der Waals surface area contributed by atoms with E-state index in [9.17, 15) is 14.4 Å². The number of rotatable bonds is 7. The average Bonchev–Trinajstić information content (AvgIpc) is 3.63. The summed E-state index contributed by atoms with van der Waals surface area (Å²) in [5.41, 5.74) is 11.6. The number of thiophene rings is 1. The first-order valence-electron chi connectivity index (χ1n) is 11.6. The Hall–Kier alpha value is -3.64. The number of hydrogen-bond donors (Lipinski definition) is 3. The van der Waals surface area contributed by atoms with E-state index in [4.69, 9.17) is 20.9 Å². The molecule has 0 bridgehead atoms. The second-order valence-electron chi connectivity index (χ2n) is 8.61. The molecule has 0 saturated heterocycles. The van der Waals surface area contributed by atoms with Gasteiger partial charge in [-0.25, -0.2) is 0 Å². The third-order valence-electron chi connectivity index (χ3n) is 6.28. The topological polar surface area (TPSA) is 150 Å². The third-order valence-corrected chi connectivity index (χ3v) is 8.06. The first kappa shape index (κ1) is 24.1. The summed E-state index contributed by atoms with van der Waals surface area (Å²) in [6.45, 7) is 0.0625. The number of nitrogen functional groups attached to an aromatic ring is 1. The Labute approximate surface area is 215 Å². The third kappa shape index (κ3) is 4.61. The lowest BCUT2D eigenvalue weighted by molar-refractivity contribution is -0.123. The molecule has 36 heavy (non-hydrogen) atoms. The SMILES string of the molecule is NC(=O)c1nsc(C(=O)N(c2ccc3c(c2)OCO3)C(C(=O)NC2CCCCC2)c2cccs2)c1N. The maximum absolute atomic E-state index is 14.1. The van der Waals surface area contributed by atoms with Crippen molar-refractivity contribution in [2.45, 2.75) is 44.2 Å². The predicted molar refractivity (Wildman–Crippen MR) is 136 cm³/mol. The van der Waals surface area contributed by atoms with E-state index >= 15 is 0 Å². The maximum atomic E-state index is 14.1. The summed E-state index contributed by atoms with van der Waals surface area (Å²) in [5.74, 6) is -0.707. The standard InChI is InChI=1S/C24H25N5O5S2/c25-18-19(22(26)30)28-36-21(18)24(32)29(14-8-9-15-16(11-14)34-12-33-15)20(17-7-4-10-35-17)23(31)27-13-5-2-1-3-6-13/h4,7-11,13,20H,1-3,5-6,12,25H2,(H2,26,30)(H,27,31). The molecule has 5 rings (SSSR count). The highest BCUT2D eigenvalue weighted by Crippen LogP contribution is 2.40. The lowest BCUT2D eigenvalue weighted by Gasteiger charge is -2.32. The number of carbonyl (C=O) groups excluding carboxylic acids is 3. The van der Waals surface area contributed by atoms with E-state index in [1.165, 1.54) is 16.2 Å². The van der Waals surface area contributed by atoms with E-state index in [-0.39, 0.29) is 35.0 Å². The van der Waals surface area contributed by atoms with Crippen molar-refractivity contribution in [3.63, 3.8) is 0 Å². The van der Waals surface area contributed by atoms with Crippen LogP contribution in [0.2, 0.25) is 0 Å². The van der Waals surface area contributed by atoms with Gasteiger partial charge in [0.25, 0.3) is 11.8 Å². The molecule has 1 aliphatic heterocycles. The summed E-state index contributed by atoms with van der Waals surface area (Å²) in [7, 11) is 0. The van der Waals surface area contributed by atoms with Gasteiger partial charge in [0.2, 0.25) is 12.7 Å². The van der Waals surface area contributed by atoms with Gasteiger partial charge in [0.1, 0.15) is 4.88 Å². The van der Waals surface area contributed by atoms with Gasteiger partial charge >= 0.3 is 0 Å². The highest BCUT2D eigenvalue weighted by Gasteiger charge is 2.38. The summed E-state index contributed by atoms with van der Waals surface area (Å²) in [5, 5.41) is 5.01. The largest absolute Gasteiger partial charge is 0.454 e. The second kappa shape index (κ2) is 10.2. The molecule has 1 atom stereocenters. The molecule has 3 amide bonds. The number of fused-ring (bicyclic) bond motifs is 1. The number of aromatic nitrogens is 1. The quantitative estimate of drug-likeness (QED) is 0.426. The zero-order chi connectivity index (χ0) is 25.2. The summed E-state index contributed by atoms with van der Waals surface area (Å²) in [6.07, 6.45) is 5.03. The molecule has 12 heteroatoms. The van der Waals surface area contributed by atoms with Crippen molar-refractivity contribution in [1.82, 2.24) is 9.69 Å². The maximum Gasteiger partial charge on any atom is 0.273 e. The van der Waals surface area contributed by atoms with Crippen LogP contribution in [-0.4, -0.2) is 34.9 Å². The van der Waals surface area contributed by atoms with Gasteiger partial charge in [-0.05, 0) is 48.0 Å². The Kier molecular flexibility index (Phi) is 6.79. The first-order chi connectivity index (χ1) is 17.4. The lowest BCUT2D eigenvalue weighted by Crippen LogP contribution is -2.47. The van der Waals surface area contributed by atoms with Gasteiger partial charge in [-0.2, -0.15) is 4.37 Å². The van der Waals surface area contributed by atoms with Crippen LogP contribution in [-0.2, 0) is 4.79 Å². The smallest absolute Gasteiger partial charge is 0.273 e. The minimum absolute atomic E-state index is 0.0217. The molecule has 10 nitrogen and oxygen atoms in total. The van der Waals surface area contributed by atoms with Crippen LogP contribution in [0.4, 0.5) is 11.4 Å². The fourth-order valence-corrected chi connectivity index (χ4v) is 6.06. The predicted octanol–water partition coefficient (Wildman–Crippen LogP) is 3.45. The average molecular weight is 528 g/mol. The van der Waals surface area contributed by atoms with Crippen LogP contribution in [0.15, 0.2) is 35.7 Å². The number of nitrogens with two attached hydrogens (primary N) is 2. The van der Waals surface area contributed by atoms with E-state index < -0.39 is 17.9 Å². The molecule has 0 radical (unpaired) electrons. The molecule has 5 N–H and O–H groups in total. The zero-order valence-electron chi connectivity index (χ0n) is 19.3. The Balaban J connectivity index is 1.60. The minimum Gasteiger partial charge on any atom is -0.454 e. The number of benzene rings is 1. The van der Waals surface area contributed by atoms with Gasteiger partial charge in [0, 0.05) is 22.7 Å². The van der Waals surface area contributed by atoms with Crippen molar-refractivity contribution in [2.24, 2.45) is 5.73 Å². The monoisotopic (exact) mass is 527 g/mol. The molecule has 3 heterocycles. The van der Waals surface area contributed by atoms with E-state index in [0.29, 0.717) is 22.1 Å². The number of nitrogens with zero attached hydrogens (tertiary/aromatic N) is 2. The number of anilines is 2. The van der Waals surface area contributed by atoms with Crippen LogP contribution in [0.25, 0.3) is 0 Å². The number of nitrogens with one attached hydrogen (secondary N) is 1. The van der Waals surface area contributed by atoms with Crippen LogP contribution in [0, 0.1) is 0 Å². The fourth-order valence-electron chi connectivity index (χ4n) is 4.50. The van der Waals surface area contributed by atoms with E-state index in [1.54, 1.807) is 18.2 Å². The van der Waals surface area contributed by atoms with Crippen molar-refractivity contribution in [3.8, 4) is 11.5 Å². The number of amides is 3. The Morgan fingerprint density at radius 2 is 1.89 bits per heavy atom. The number of primary amides is 1. The molecule has 1 saturated carbocycles. The molecule has 0 spiro atoms. The Morgan fingerprint density at radius 3 is 2.58 bits per heavy atom. The van der Waals surface area contributed by atoms with Crippen molar-refractivity contribution < 1.29 is 23.9 Å². The van der Waals surface area contributed by atoms with Crippen molar-refractivity contribution in [1.29, 1.82) is 0 Å². The number of ether oxygens (including phenoxy) is 2. The van der Waals surface area contributed by atoms with E-state index in [0.717, 1.165) is 43.6 Å². The molecule has 2 aliphatic rings. The van der Waals surface area contributed by atoms with E-state index in [2.05, 4.69) is 9.69 Å². The molecule has 1 aromatic carbocycles.